The number of hydrogen-bond donors (Lipinski definition) is 0. The Hall–Kier alpha value is -1.60. The van der Waals surface area contributed by atoms with E-state index in [1.807, 2.05) is 6.08 Å². The first-order chi connectivity index (χ1) is 10.0. The molecule has 2 aromatic rings. The SMILES string of the molecule is C=CC(OC(C(C)C)C(C)C)c1cccc2ccccc12. The quantitative estimate of drug-likeness (QED) is 0.612. The van der Waals surface area contributed by atoms with Crippen LogP contribution in [-0.4, -0.2) is 6.10 Å². The third-order valence-corrected chi connectivity index (χ3v) is 3.96. The molecule has 0 bridgehead atoms. The minimum Gasteiger partial charge on any atom is -0.366 e. The third-order valence-electron chi connectivity index (χ3n) is 3.96. The number of ether oxygens (including phenoxy) is 1. The summed E-state index contributed by atoms with van der Waals surface area (Å²) in [7, 11) is 0. The van der Waals surface area contributed by atoms with Crippen molar-refractivity contribution in [3.8, 4) is 0 Å². The van der Waals surface area contributed by atoms with Crippen LogP contribution in [0.3, 0.4) is 0 Å². The highest BCUT2D eigenvalue weighted by molar-refractivity contribution is 5.86. The first-order valence-corrected chi connectivity index (χ1v) is 7.80. The number of hydrogen-bond acceptors (Lipinski definition) is 1. The fourth-order valence-electron chi connectivity index (χ4n) is 3.01. The predicted molar refractivity (Wildman–Crippen MR) is 91.4 cm³/mol. The molecular formula is C20H26O. The van der Waals surface area contributed by atoms with E-state index in [1.165, 1.54) is 16.3 Å². The van der Waals surface area contributed by atoms with E-state index < -0.39 is 0 Å². The van der Waals surface area contributed by atoms with Gasteiger partial charge in [-0.2, -0.15) is 0 Å². The lowest BCUT2D eigenvalue weighted by atomic mass is 9.95. The van der Waals surface area contributed by atoms with Crippen molar-refractivity contribution in [2.45, 2.75) is 39.9 Å². The maximum absolute atomic E-state index is 6.40. The molecule has 0 aliphatic carbocycles. The van der Waals surface area contributed by atoms with E-state index in [2.05, 4.69) is 76.7 Å². The molecule has 0 radical (unpaired) electrons. The van der Waals surface area contributed by atoms with Gasteiger partial charge in [-0.25, -0.2) is 0 Å². The Morgan fingerprint density at radius 1 is 0.905 bits per heavy atom. The Morgan fingerprint density at radius 3 is 2.14 bits per heavy atom. The van der Waals surface area contributed by atoms with E-state index >= 15 is 0 Å². The van der Waals surface area contributed by atoms with Crippen molar-refractivity contribution < 1.29 is 4.74 Å². The van der Waals surface area contributed by atoms with E-state index in [4.69, 9.17) is 4.74 Å². The molecule has 0 aromatic heterocycles. The Labute approximate surface area is 128 Å². The van der Waals surface area contributed by atoms with Gasteiger partial charge in [-0.3, -0.25) is 0 Å². The van der Waals surface area contributed by atoms with Crippen LogP contribution in [0.25, 0.3) is 10.8 Å². The Balaban J connectivity index is 2.38. The van der Waals surface area contributed by atoms with Gasteiger partial charge in [0, 0.05) is 0 Å². The van der Waals surface area contributed by atoms with Crippen LogP contribution in [-0.2, 0) is 4.74 Å². The van der Waals surface area contributed by atoms with Crippen LogP contribution in [0, 0.1) is 11.8 Å². The van der Waals surface area contributed by atoms with Gasteiger partial charge in [0.05, 0.1) is 6.10 Å². The molecule has 0 fully saturated rings. The molecule has 1 nitrogen and oxygen atoms in total. The summed E-state index contributed by atoms with van der Waals surface area (Å²) in [4.78, 5) is 0. The third kappa shape index (κ3) is 3.54. The highest BCUT2D eigenvalue weighted by atomic mass is 16.5. The van der Waals surface area contributed by atoms with Crippen LogP contribution in [0.15, 0.2) is 55.1 Å². The Bertz CT molecular complexity index is 584. The molecule has 0 N–H and O–H groups in total. The molecule has 1 atom stereocenters. The van der Waals surface area contributed by atoms with Gasteiger partial charge in [-0.05, 0) is 28.2 Å². The zero-order chi connectivity index (χ0) is 15.4. The highest BCUT2D eigenvalue weighted by Gasteiger charge is 2.23. The molecule has 2 aromatic carbocycles. The van der Waals surface area contributed by atoms with Crippen molar-refractivity contribution >= 4 is 10.8 Å². The molecule has 1 heteroatoms. The van der Waals surface area contributed by atoms with Crippen LogP contribution >= 0.6 is 0 Å². The molecule has 0 aliphatic rings. The van der Waals surface area contributed by atoms with E-state index in [1.54, 1.807) is 0 Å². The summed E-state index contributed by atoms with van der Waals surface area (Å²) in [5.41, 5.74) is 1.20. The molecule has 0 aliphatic heterocycles. The van der Waals surface area contributed by atoms with Crippen LogP contribution < -0.4 is 0 Å². The van der Waals surface area contributed by atoms with Gasteiger partial charge in [-0.15, -0.1) is 6.58 Å². The molecule has 0 saturated carbocycles. The molecule has 0 saturated heterocycles. The van der Waals surface area contributed by atoms with Gasteiger partial charge >= 0.3 is 0 Å². The zero-order valence-electron chi connectivity index (χ0n) is 13.5. The smallest absolute Gasteiger partial charge is 0.101 e. The van der Waals surface area contributed by atoms with Crippen LogP contribution in [0.1, 0.15) is 39.4 Å². The van der Waals surface area contributed by atoms with Crippen LogP contribution in [0.4, 0.5) is 0 Å². The fraction of sp³-hybridized carbons (Fsp3) is 0.400. The van der Waals surface area contributed by atoms with Crippen molar-refractivity contribution in [2.24, 2.45) is 11.8 Å². The number of benzene rings is 2. The summed E-state index contributed by atoms with van der Waals surface area (Å²) in [5, 5.41) is 2.49. The summed E-state index contributed by atoms with van der Waals surface area (Å²) in [5.74, 6) is 0.977. The minimum atomic E-state index is -0.0640. The lowest BCUT2D eigenvalue weighted by molar-refractivity contribution is -0.0402. The molecule has 0 heterocycles. The zero-order valence-corrected chi connectivity index (χ0v) is 13.5. The number of fused-ring (bicyclic) bond motifs is 1. The Kier molecular flexibility index (Phi) is 5.19. The average molecular weight is 282 g/mol. The summed E-state index contributed by atoms with van der Waals surface area (Å²) in [6, 6.07) is 14.8. The van der Waals surface area contributed by atoms with Gasteiger partial charge in [-0.1, -0.05) is 76.2 Å². The largest absolute Gasteiger partial charge is 0.366 e. The van der Waals surface area contributed by atoms with E-state index in [-0.39, 0.29) is 12.2 Å². The van der Waals surface area contributed by atoms with Crippen molar-refractivity contribution in [1.82, 2.24) is 0 Å². The molecular weight excluding hydrogens is 256 g/mol. The van der Waals surface area contributed by atoms with Gasteiger partial charge in [0.25, 0.3) is 0 Å². The van der Waals surface area contributed by atoms with Gasteiger partial charge in [0.1, 0.15) is 6.10 Å². The standard InChI is InChI=1S/C20H26O/c1-6-19(21-20(14(2)3)15(4)5)18-13-9-11-16-10-7-8-12-17(16)18/h6-15,19-20H,1H2,2-5H3. The van der Waals surface area contributed by atoms with Crippen molar-refractivity contribution in [1.29, 1.82) is 0 Å². The fourth-order valence-corrected chi connectivity index (χ4v) is 3.01. The first kappa shape index (κ1) is 15.8. The van der Waals surface area contributed by atoms with Crippen LogP contribution in [0.5, 0.6) is 0 Å². The molecule has 0 amide bonds. The molecule has 21 heavy (non-hydrogen) atoms. The lowest BCUT2D eigenvalue weighted by Gasteiger charge is -2.29. The lowest BCUT2D eigenvalue weighted by Crippen LogP contribution is -2.27. The van der Waals surface area contributed by atoms with Crippen LogP contribution in [0.2, 0.25) is 0 Å². The molecule has 0 spiro atoms. The molecule has 112 valence electrons. The van der Waals surface area contributed by atoms with Crippen molar-refractivity contribution in [3.63, 3.8) is 0 Å². The monoisotopic (exact) mass is 282 g/mol. The topological polar surface area (TPSA) is 9.23 Å². The van der Waals surface area contributed by atoms with Gasteiger partial charge in [0.15, 0.2) is 0 Å². The molecule has 1 unspecified atom stereocenters. The normalized spacial score (nSPS) is 13.3. The average Bonchev–Trinajstić information content (AvgIpc) is 2.47. The maximum Gasteiger partial charge on any atom is 0.101 e. The summed E-state index contributed by atoms with van der Waals surface area (Å²) >= 11 is 0. The summed E-state index contributed by atoms with van der Waals surface area (Å²) in [6.07, 6.45) is 2.08. The highest BCUT2D eigenvalue weighted by Crippen LogP contribution is 2.31. The first-order valence-electron chi connectivity index (χ1n) is 7.80. The van der Waals surface area contributed by atoms with Crippen molar-refractivity contribution in [3.05, 3.63) is 60.7 Å². The van der Waals surface area contributed by atoms with E-state index in [0.717, 1.165) is 0 Å². The van der Waals surface area contributed by atoms with Crippen molar-refractivity contribution in [2.75, 3.05) is 0 Å². The molecule has 2 rings (SSSR count). The minimum absolute atomic E-state index is 0.0640. The number of rotatable bonds is 6. The second kappa shape index (κ2) is 6.91. The summed E-state index contributed by atoms with van der Waals surface area (Å²) < 4.78 is 6.40. The predicted octanol–water partition coefficient (Wildman–Crippen LogP) is 5.76. The van der Waals surface area contributed by atoms with E-state index in [0.29, 0.717) is 11.8 Å². The second-order valence-corrected chi connectivity index (χ2v) is 6.31. The second-order valence-electron chi connectivity index (χ2n) is 6.31. The van der Waals surface area contributed by atoms with Gasteiger partial charge < -0.3 is 4.74 Å². The van der Waals surface area contributed by atoms with E-state index in [9.17, 15) is 0 Å². The maximum atomic E-state index is 6.40. The summed E-state index contributed by atoms with van der Waals surface area (Å²) in [6.45, 7) is 12.9. The van der Waals surface area contributed by atoms with Gasteiger partial charge in [0.2, 0.25) is 0 Å². The Morgan fingerprint density at radius 2 is 1.52 bits per heavy atom.